The summed E-state index contributed by atoms with van der Waals surface area (Å²) in [4.78, 5) is 14.7. The quantitative estimate of drug-likeness (QED) is 0.844. The van der Waals surface area contributed by atoms with Crippen LogP contribution in [-0.4, -0.2) is 42.8 Å². The number of methoxy groups -OCH3 is 2. The molecule has 1 aromatic rings. The highest BCUT2D eigenvalue weighted by atomic mass is 16.5. The van der Waals surface area contributed by atoms with E-state index >= 15 is 0 Å². The van der Waals surface area contributed by atoms with Crippen molar-refractivity contribution in [2.75, 3.05) is 20.8 Å². The molecule has 2 amide bonds. The highest BCUT2D eigenvalue weighted by molar-refractivity contribution is 5.75. The fourth-order valence-corrected chi connectivity index (χ4v) is 4.62. The zero-order valence-corrected chi connectivity index (χ0v) is 16.8. The average Bonchev–Trinajstić information content (AvgIpc) is 2.67. The molecule has 3 rings (SSSR count). The van der Waals surface area contributed by atoms with Crippen LogP contribution in [0, 0.1) is 11.8 Å². The normalized spacial score (nSPS) is 25.1. The number of rotatable bonds is 4. The summed E-state index contributed by atoms with van der Waals surface area (Å²) in [5.41, 5.74) is 1.54. The zero-order valence-electron chi connectivity index (χ0n) is 16.8. The highest BCUT2D eigenvalue weighted by Crippen LogP contribution is 2.39. The van der Waals surface area contributed by atoms with Gasteiger partial charge in [-0.3, -0.25) is 0 Å². The summed E-state index contributed by atoms with van der Waals surface area (Å²) >= 11 is 0. The van der Waals surface area contributed by atoms with Gasteiger partial charge < -0.3 is 24.8 Å². The number of benzene rings is 1. The molecule has 0 aromatic heterocycles. The minimum absolute atomic E-state index is 0.109. The number of carbonyl (C=O) groups excluding carboxylic acids is 1. The summed E-state index contributed by atoms with van der Waals surface area (Å²) in [6, 6.07) is 3.72. The second kappa shape index (κ2) is 8.38. The minimum atomic E-state index is -0.795. The second-order valence-electron chi connectivity index (χ2n) is 8.01. The summed E-state index contributed by atoms with van der Waals surface area (Å²) in [6.07, 6.45) is 3.79. The van der Waals surface area contributed by atoms with Crippen molar-refractivity contribution in [1.82, 2.24) is 10.2 Å². The number of ether oxygens (including phenoxy) is 2. The van der Waals surface area contributed by atoms with Crippen molar-refractivity contribution in [3.8, 4) is 11.5 Å². The number of amides is 2. The average molecular weight is 376 g/mol. The van der Waals surface area contributed by atoms with Crippen LogP contribution < -0.4 is 14.8 Å². The lowest BCUT2D eigenvalue weighted by Gasteiger charge is -2.38. The molecule has 2 N–H and O–H groups in total. The van der Waals surface area contributed by atoms with Crippen molar-refractivity contribution >= 4 is 6.03 Å². The molecule has 1 aromatic carbocycles. The first-order valence-corrected chi connectivity index (χ1v) is 9.93. The largest absolute Gasteiger partial charge is 0.496 e. The molecule has 3 atom stereocenters. The number of β-amino-alcohol motifs (C(OH)–C–C–N with tert-alkyl or cyclic N) is 1. The Bertz CT molecular complexity index is 676. The molecule has 150 valence electrons. The van der Waals surface area contributed by atoms with Crippen LogP contribution in [0.5, 0.6) is 11.5 Å². The van der Waals surface area contributed by atoms with Crippen LogP contribution in [0.3, 0.4) is 0 Å². The predicted molar refractivity (Wildman–Crippen MR) is 104 cm³/mol. The second-order valence-corrected chi connectivity index (χ2v) is 8.01. The van der Waals surface area contributed by atoms with Gasteiger partial charge in [-0.2, -0.15) is 0 Å². The number of nitrogens with one attached hydrogen (secondary N) is 1. The molecule has 1 saturated carbocycles. The molecule has 0 radical (unpaired) electrons. The first kappa shape index (κ1) is 19.8. The zero-order chi connectivity index (χ0) is 19.6. The van der Waals surface area contributed by atoms with Gasteiger partial charge in [-0.25, -0.2) is 4.79 Å². The van der Waals surface area contributed by atoms with E-state index in [9.17, 15) is 9.90 Å². The molecule has 2 aliphatic rings. The van der Waals surface area contributed by atoms with Gasteiger partial charge in [0.2, 0.25) is 0 Å². The lowest BCUT2D eigenvalue weighted by Crippen LogP contribution is -2.51. The van der Waals surface area contributed by atoms with Crippen LogP contribution in [0.4, 0.5) is 4.79 Å². The monoisotopic (exact) mass is 376 g/mol. The predicted octanol–water partition coefficient (Wildman–Crippen LogP) is 3.48. The van der Waals surface area contributed by atoms with Crippen LogP contribution in [0.2, 0.25) is 0 Å². The van der Waals surface area contributed by atoms with Gasteiger partial charge in [-0.05, 0) is 36.8 Å². The van der Waals surface area contributed by atoms with Gasteiger partial charge in [0.25, 0.3) is 0 Å². The van der Waals surface area contributed by atoms with E-state index in [0.29, 0.717) is 29.9 Å². The van der Waals surface area contributed by atoms with E-state index in [1.54, 1.807) is 25.2 Å². The Labute approximate surface area is 161 Å². The maximum atomic E-state index is 13.0. The Morgan fingerprint density at radius 2 is 1.85 bits per heavy atom. The van der Waals surface area contributed by atoms with Gasteiger partial charge in [0, 0.05) is 17.2 Å². The van der Waals surface area contributed by atoms with Crippen LogP contribution in [0.1, 0.15) is 56.8 Å². The molecular formula is C21H32N2O4. The van der Waals surface area contributed by atoms with E-state index in [4.69, 9.17) is 9.47 Å². The molecular weight excluding hydrogens is 344 g/mol. The molecule has 0 spiro atoms. The van der Waals surface area contributed by atoms with E-state index < -0.39 is 6.10 Å². The number of aliphatic hydroxyl groups is 1. The van der Waals surface area contributed by atoms with Crippen LogP contribution in [0.15, 0.2) is 12.1 Å². The first-order valence-electron chi connectivity index (χ1n) is 9.93. The van der Waals surface area contributed by atoms with E-state index in [1.165, 1.54) is 12.8 Å². The van der Waals surface area contributed by atoms with Gasteiger partial charge in [-0.15, -0.1) is 0 Å². The van der Waals surface area contributed by atoms with Crippen molar-refractivity contribution in [2.24, 2.45) is 11.8 Å². The molecule has 1 aliphatic heterocycles. The number of nitrogens with zero attached hydrogens (tertiary/aromatic N) is 1. The topological polar surface area (TPSA) is 71.0 Å². The Morgan fingerprint density at radius 1 is 1.19 bits per heavy atom. The third kappa shape index (κ3) is 4.00. The minimum Gasteiger partial charge on any atom is -0.496 e. The van der Waals surface area contributed by atoms with Crippen LogP contribution >= 0.6 is 0 Å². The number of hydrogen-bond donors (Lipinski definition) is 2. The van der Waals surface area contributed by atoms with Crippen molar-refractivity contribution in [3.05, 3.63) is 23.3 Å². The summed E-state index contributed by atoms with van der Waals surface area (Å²) in [7, 11) is 3.19. The van der Waals surface area contributed by atoms with Gasteiger partial charge >= 0.3 is 6.03 Å². The maximum absolute atomic E-state index is 13.0. The number of carbonyl (C=O) groups is 1. The van der Waals surface area contributed by atoms with E-state index in [0.717, 1.165) is 24.0 Å². The number of aliphatic hydroxyl groups excluding tert-OH is 1. The Morgan fingerprint density at radius 3 is 2.52 bits per heavy atom. The van der Waals surface area contributed by atoms with Crippen LogP contribution in [-0.2, 0) is 6.54 Å². The van der Waals surface area contributed by atoms with Gasteiger partial charge in [0.05, 0.1) is 27.3 Å². The molecule has 1 heterocycles. The summed E-state index contributed by atoms with van der Waals surface area (Å²) in [6.45, 7) is 5.11. The van der Waals surface area contributed by atoms with Gasteiger partial charge in [0.1, 0.15) is 17.6 Å². The number of hydrogen-bond acceptors (Lipinski definition) is 4. The van der Waals surface area contributed by atoms with Crippen molar-refractivity contribution in [1.29, 1.82) is 0 Å². The summed E-state index contributed by atoms with van der Waals surface area (Å²) < 4.78 is 10.9. The number of fused-ring (bicyclic) bond motifs is 1. The molecule has 0 bridgehead atoms. The Hall–Kier alpha value is -1.95. The highest BCUT2D eigenvalue weighted by Gasteiger charge is 2.34. The molecule has 0 saturated heterocycles. The smallest absolute Gasteiger partial charge is 0.318 e. The molecule has 6 nitrogen and oxygen atoms in total. The molecule has 27 heavy (non-hydrogen) atoms. The van der Waals surface area contributed by atoms with Crippen molar-refractivity contribution in [2.45, 2.75) is 58.2 Å². The Balaban J connectivity index is 1.78. The molecule has 3 unspecified atom stereocenters. The van der Waals surface area contributed by atoms with Gasteiger partial charge in [0.15, 0.2) is 0 Å². The lowest BCUT2D eigenvalue weighted by atomic mass is 9.78. The third-order valence-corrected chi connectivity index (χ3v) is 6.06. The van der Waals surface area contributed by atoms with E-state index in [2.05, 4.69) is 19.2 Å². The first-order chi connectivity index (χ1) is 13.0. The van der Waals surface area contributed by atoms with E-state index in [-0.39, 0.29) is 18.6 Å². The maximum Gasteiger partial charge on any atom is 0.318 e. The molecule has 6 heteroatoms. The fourth-order valence-electron chi connectivity index (χ4n) is 4.62. The third-order valence-electron chi connectivity index (χ3n) is 6.06. The van der Waals surface area contributed by atoms with Crippen molar-refractivity contribution in [3.63, 3.8) is 0 Å². The standard InChI is InChI=1S/C21H32N2O4/c1-13(2)14-7-5-6-8-16(14)22-21(25)23-11-15-18(26-3)9-10-19(27-4)20(15)17(24)12-23/h9-10,13-14,16-17,24H,5-8,11-12H2,1-4H3,(H,22,25). The molecule has 1 fully saturated rings. The van der Waals surface area contributed by atoms with Gasteiger partial charge in [-0.1, -0.05) is 26.7 Å². The Kier molecular flexibility index (Phi) is 6.15. The summed E-state index contributed by atoms with van der Waals surface area (Å²) in [5.74, 6) is 2.36. The molecule has 1 aliphatic carbocycles. The SMILES string of the molecule is COc1ccc(OC)c2c1CN(C(=O)NC1CCCCC1C(C)C)CC2O. The lowest BCUT2D eigenvalue weighted by molar-refractivity contribution is 0.0956. The number of urea groups is 1. The van der Waals surface area contributed by atoms with Crippen molar-refractivity contribution < 1.29 is 19.4 Å². The fraction of sp³-hybridized carbons (Fsp3) is 0.667. The van der Waals surface area contributed by atoms with E-state index in [1.807, 2.05) is 6.07 Å². The van der Waals surface area contributed by atoms with Crippen LogP contribution in [0.25, 0.3) is 0 Å². The summed E-state index contributed by atoms with van der Waals surface area (Å²) in [5, 5.41) is 13.9.